The Morgan fingerprint density at radius 2 is 1.89 bits per heavy atom. The van der Waals surface area contributed by atoms with Crippen LogP contribution >= 0.6 is 12.4 Å². The molecule has 0 radical (unpaired) electrons. The lowest BCUT2D eigenvalue weighted by molar-refractivity contribution is -0.123. The first kappa shape index (κ1) is 15.0. The van der Waals surface area contributed by atoms with Crippen LogP contribution in [0.2, 0.25) is 0 Å². The van der Waals surface area contributed by atoms with Crippen LogP contribution in [0.1, 0.15) is 25.3 Å². The molecule has 2 rings (SSSR count). The van der Waals surface area contributed by atoms with Crippen molar-refractivity contribution in [3.63, 3.8) is 0 Å². The Morgan fingerprint density at radius 1 is 1.22 bits per heavy atom. The van der Waals surface area contributed by atoms with Gasteiger partial charge in [0.1, 0.15) is 0 Å². The zero-order chi connectivity index (χ0) is 12.1. The van der Waals surface area contributed by atoms with Gasteiger partial charge in [0.05, 0.1) is 5.41 Å². The molecule has 1 aromatic carbocycles. The van der Waals surface area contributed by atoms with Gasteiger partial charge in [0.15, 0.2) is 0 Å². The van der Waals surface area contributed by atoms with E-state index in [1.165, 1.54) is 0 Å². The summed E-state index contributed by atoms with van der Waals surface area (Å²) in [7, 11) is 0. The van der Waals surface area contributed by atoms with Crippen LogP contribution in [0.25, 0.3) is 0 Å². The molecule has 1 saturated carbocycles. The average molecular weight is 269 g/mol. The third kappa shape index (κ3) is 3.24. The van der Waals surface area contributed by atoms with Gasteiger partial charge in [-0.25, -0.2) is 0 Å². The van der Waals surface area contributed by atoms with E-state index in [0.29, 0.717) is 6.54 Å². The summed E-state index contributed by atoms with van der Waals surface area (Å²) >= 11 is 0. The Morgan fingerprint density at radius 3 is 2.44 bits per heavy atom. The number of carbonyl (C=O) groups excluding carboxylic acids is 1. The lowest BCUT2D eigenvalue weighted by atomic mass is 9.95. The van der Waals surface area contributed by atoms with Crippen molar-refractivity contribution in [1.29, 1.82) is 0 Å². The minimum absolute atomic E-state index is 0. The van der Waals surface area contributed by atoms with E-state index in [1.807, 2.05) is 18.2 Å². The maximum absolute atomic E-state index is 12.2. The van der Waals surface area contributed by atoms with E-state index in [1.54, 1.807) is 0 Å². The number of benzene rings is 1. The van der Waals surface area contributed by atoms with Gasteiger partial charge in [-0.15, -0.1) is 12.4 Å². The normalized spacial score (nSPS) is 15.6. The zero-order valence-electron chi connectivity index (χ0n) is 10.7. The second kappa shape index (κ2) is 6.76. The summed E-state index contributed by atoms with van der Waals surface area (Å²) < 4.78 is 0. The lowest BCUT2D eigenvalue weighted by Gasteiger charge is -2.15. The number of carbonyl (C=O) groups is 1. The fraction of sp³-hybridized carbons (Fsp3) is 0.500. The summed E-state index contributed by atoms with van der Waals surface area (Å²) in [6.45, 7) is 4.56. The SMILES string of the molecule is CCNCCNC(=O)C1(c2ccccc2)CC1.Cl. The fourth-order valence-corrected chi connectivity index (χ4v) is 2.14. The molecule has 1 aliphatic rings. The third-order valence-electron chi connectivity index (χ3n) is 3.35. The smallest absolute Gasteiger partial charge is 0.230 e. The van der Waals surface area contributed by atoms with Crippen molar-refractivity contribution in [2.75, 3.05) is 19.6 Å². The minimum Gasteiger partial charge on any atom is -0.354 e. The third-order valence-corrected chi connectivity index (χ3v) is 3.35. The highest BCUT2D eigenvalue weighted by Crippen LogP contribution is 2.48. The zero-order valence-corrected chi connectivity index (χ0v) is 11.6. The van der Waals surface area contributed by atoms with Crippen LogP contribution in [0.5, 0.6) is 0 Å². The number of likely N-dealkylation sites (N-methyl/N-ethyl adjacent to an activating group) is 1. The first-order valence-electron chi connectivity index (χ1n) is 6.34. The summed E-state index contributed by atoms with van der Waals surface area (Å²) in [6, 6.07) is 10.1. The summed E-state index contributed by atoms with van der Waals surface area (Å²) in [5, 5.41) is 6.22. The van der Waals surface area contributed by atoms with Gasteiger partial charge in [-0.2, -0.15) is 0 Å². The van der Waals surface area contributed by atoms with Crippen LogP contribution in [0.15, 0.2) is 30.3 Å². The Kier molecular flexibility index (Phi) is 5.63. The Labute approximate surface area is 115 Å². The van der Waals surface area contributed by atoms with Crippen LogP contribution in [-0.4, -0.2) is 25.5 Å². The van der Waals surface area contributed by atoms with Crippen LogP contribution in [0.3, 0.4) is 0 Å². The lowest BCUT2D eigenvalue weighted by Crippen LogP contribution is -2.38. The molecule has 0 aliphatic heterocycles. The molecular weight excluding hydrogens is 248 g/mol. The number of halogens is 1. The summed E-state index contributed by atoms with van der Waals surface area (Å²) in [5.41, 5.74) is 0.925. The van der Waals surface area contributed by atoms with Crippen molar-refractivity contribution >= 4 is 18.3 Å². The summed E-state index contributed by atoms with van der Waals surface area (Å²) in [6.07, 6.45) is 1.95. The Balaban J connectivity index is 0.00000162. The second-order valence-corrected chi connectivity index (χ2v) is 4.56. The van der Waals surface area contributed by atoms with E-state index >= 15 is 0 Å². The van der Waals surface area contributed by atoms with Crippen molar-refractivity contribution in [2.45, 2.75) is 25.2 Å². The van der Waals surface area contributed by atoms with Crippen molar-refractivity contribution in [2.24, 2.45) is 0 Å². The predicted octanol–water partition coefficient (Wildman–Crippen LogP) is 1.87. The van der Waals surface area contributed by atoms with E-state index in [0.717, 1.165) is 31.5 Å². The quantitative estimate of drug-likeness (QED) is 0.774. The molecule has 0 atom stereocenters. The summed E-state index contributed by atoms with van der Waals surface area (Å²) in [4.78, 5) is 12.2. The van der Waals surface area contributed by atoms with Gasteiger partial charge in [-0.1, -0.05) is 37.3 Å². The minimum atomic E-state index is -0.229. The standard InChI is InChI=1S/C14H20N2O.ClH/c1-2-15-10-11-16-13(17)14(8-9-14)12-6-4-3-5-7-12;/h3-7,15H,2,8-11H2,1H3,(H,16,17);1H. The van der Waals surface area contributed by atoms with Gasteiger partial charge >= 0.3 is 0 Å². The van der Waals surface area contributed by atoms with E-state index < -0.39 is 0 Å². The molecule has 0 bridgehead atoms. The van der Waals surface area contributed by atoms with Gasteiger partial charge in [-0.05, 0) is 24.9 Å². The van der Waals surface area contributed by atoms with Crippen molar-refractivity contribution < 1.29 is 4.79 Å². The highest BCUT2D eigenvalue weighted by Gasteiger charge is 2.50. The molecule has 1 aliphatic carbocycles. The summed E-state index contributed by atoms with van der Waals surface area (Å²) in [5.74, 6) is 0.182. The molecule has 1 amide bonds. The van der Waals surface area contributed by atoms with E-state index in [9.17, 15) is 4.79 Å². The number of hydrogen-bond acceptors (Lipinski definition) is 2. The maximum Gasteiger partial charge on any atom is 0.230 e. The van der Waals surface area contributed by atoms with Crippen molar-refractivity contribution in [3.8, 4) is 0 Å². The van der Waals surface area contributed by atoms with E-state index in [2.05, 4.69) is 29.7 Å². The predicted molar refractivity (Wildman–Crippen MR) is 76.2 cm³/mol. The molecule has 0 spiro atoms. The van der Waals surface area contributed by atoms with Crippen molar-refractivity contribution in [1.82, 2.24) is 10.6 Å². The number of nitrogens with one attached hydrogen (secondary N) is 2. The molecule has 1 aromatic rings. The Bertz CT molecular complexity index is 377. The van der Waals surface area contributed by atoms with E-state index in [4.69, 9.17) is 0 Å². The van der Waals surface area contributed by atoms with Gasteiger partial charge in [0, 0.05) is 13.1 Å². The molecule has 1 fully saturated rings. The molecule has 3 nitrogen and oxygen atoms in total. The largest absolute Gasteiger partial charge is 0.354 e. The molecular formula is C14H21ClN2O. The first-order chi connectivity index (χ1) is 8.29. The highest BCUT2D eigenvalue weighted by molar-refractivity contribution is 5.91. The van der Waals surface area contributed by atoms with Gasteiger partial charge in [0.2, 0.25) is 5.91 Å². The van der Waals surface area contributed by atoms with Crippen LogP contribution < -0.4 is 10.6 Å². The molecule has 0 saturated heterocycles. The average Bonchev–Trinajstić information content (AvgIpc) is 3.17. The van der Waals surface area contributed by atoms with Gasteiger partial charge in [0.25, 0.3) is 0 Å². The maximum atomic E-state index is 12.2. The van der Waals surface area contributed by atoms with Crippen molar-refractivity contribution in [3.05, 3.63) is 35.9 Å². The number of hydrogen-bond donors (Lipinski definition) is 2. The van der Waals surface area contributed by atoms with Gasteiger partial charge in [-0.3, -0.25) is 4.79 Å². The highest BCUT2D eigenvalue weighted by atomic mass is 35.5. The fourth-order valence-electron chi connectivity index (χ4n) is 2.14. The molecule has 0 aromatic heterocycles. The number of amides is 1. The second-order valence-electron chi connectivity index (χ2n) is 4.56. The molecule has 4 heteroatoms. The monoisotopic (exact) mass is 268 g/mol. The molecule has 0 unspecified atom stereocenters. The first-order valence-corrected chi connectivity index (χ1v) is 6.34. The molecule has 18 heavy (non-hydrogen) atoms. The van der Waals surface area contributed by atoms with Crippen LogP contribution in [0.4, 0.5) is 0 Å². The topological polar surface area (TPSA) is 41.1 Å². The van der Waals surface area contributed by atoms with Crippen LogP contribution in [0, 0.1) is 0 Å². The van der Waals surface area contributed by atoms with E-state index in [-0.39, 0.29) is 23.7 Å². The number of rotatable bonds is 6. The molecule has 2 N–H and O–H groups in total. The van der Waals surface area contributed by atoms with Gasteiger partial charge < -0.3 is 10.6 Å². The Hall–Kier alpha value is -1.06. The molecule has 100 valence electrons. The molecule has 0 heterocycles. The van der Waals surface area contributed by atoms with Crippen LogP contribution in [-0.2, 0) is 10.2 Å².